The SMILES string of the molecule is CC(=O)c1cn(CC(=O)N2[C@H](C(=O)NCC3CC3(Cl)Cl)C[C@@]3(C)C[C@@H]23)c2ccc(-c3cnc(C)nc3)cc12. The maximum atomic E-state index is 13.7. The number of aryl methyl sites for hydroxylation is 1. The van der Waals surface area contributed by atoms with Gasteiger partial charge in [-0.15, -0.1) is 23.2 Å². The third-order valence-corrected chi connectivity index (χ3v) is 9.31. The third-order valence-electron chi connectivity index (χ3n) is 8.38. The Balaban J connectivity index is 1.25. The van der Waals surface area contributed by atoms with Gasteiger partial charge in [-0.3, -0.25) is 14.4 Å². The average Bonchev–Trinajstić information content (AvgIpc) is 3.60. The van der Waals surface area contributed by atoms with Gasteiger partial charge < -0.3 is 14.8 Å². The lowest BCUT2D eigenvalue weighted by Gasteiger charge is -2.27. The second kappa shape index (κ2) is 8.78. The van der Waals surface area contributed by atoms with Crippen LogP contribution in [-0.4, -0.2) is 60.0 Å². The van der Waals surface area contributed by atoms with E-state index in [9.17, 15) is 14.4 Å². The van der Waals surface area contributed by atoms with Gasteiger partial charge in [-0.05, 0) is 56.2 Å². The number of likely N-dealkylation sites (tertiary alicyclic amines) is 1. The standard InChI is InChI=1S/C28H29Cl2N5O3/c1-15(36)21-13-34(22-5-4-17(6-20(21)22)18-10-31-16(2)32-11-18)14-25(37)35-23(8-27(3)9-24(27)35)26(38)33-12-19-7-28(19,29)30/h4-6,10-11,13,19,23-24H,7-9,12,14H2,1-3H3,(H,33,38)/t19?,23-,24+,27-/m0/s1. The Labute approximate surface area is 230 Å². The molecule has 1 saturated heterocycles. The van der Waals surface area contributed by atoms with E-state index in [1.54, 1.807) is 23.5 Å². The maximum absolute atomic E-state index is 13.7. The van der Waals surface area contributed by atoms with Gasteiger partial charge in [0.1, 0.15) is 22.7 Å². The molecule has 1 aromatic carbocycles. The average molecular weight is 554 g/mol. The fourth-order valence-corrected chi connectivity index (χ4v) is 6.38. The number of nitrogens with one attached hydrogen (secondary N) is 1. The Morgan fingerprint density at radius 3 is 2.47 bits per heavy atom. The molecule has 38 heavy (non-hydrogen) atoms. The van der Waals surface area contributed by atoms with Crippen molar-refractivity contribution in [2.75, 3.05) is 6.54 Å². The van der Waals surface area contributed by atoms with Gasteiger partial charge in [-0.25, -0.2) is 9.97 Å². The van der Waals surface area contributed by atoms with Crippen molar-refractivity contribution in [2.24, 2.45) is 11.3 Å². The van der Waals surface area contributed by atoms with E-state index in [1.807, 2.05) is 29.7 Å². The molecule has 0 bridgehead atoms. The van der Waals surface area contributed by atoms with Crippen LogP contribution < -0.4 is 5.32 Å². The van der Waals surface area contributed by atoms with Crippen molar-refractivity contribution in [1.29, 1.82) is 0 Å². The summed E-state index contributed by atoms with van der Waals surface area (Å²) in [5, 5.41) is 3.73. The molecule has 4 atom stereocenters. The lowest BCUT2D eigenvalue weighted by Crippen LogP contribution is -2.49. The summed E-state index contributed by atoms with van der Waals surface area (Å²) in [6.45, 7) is 5.93. The number of piperidine rings is 1. The molecule has 10 heteroatoms. The van der Waals surface area contributed by atoms with Gasteiger partial charge in [0.2, 0.25) is 11.8 Å². The summed E-state index contributed by atoms with van der Waals surface area (Å²) >= 11 is 12.2. The fourth-order valence-electron chi connectivity index (χ4n) is 5.85. The smallest absolute Gasteiger partial charge is 0.243 e. The van der Waals surface area contributed by atoms with E-state index in [0.29, 0.717) is 30.8 Å². The van der Waals surface area contributed by atoms with E-state index in [-0.39, 0.29) is 41.5 Å². The number of rotatable bonds is 7. The topological polar surface area (TPSA) is 97.2 Å². The first-order chi connectivity index (χ1) is 18.0. The molecule has 2 aliphatic carbocycles. The van der Waals surface area contributed by atoms with Crippen LogP contribution >= 0.6 is 23.2 Å². The van der Waals surface area contributed by atoms with E-state index in [4.69, 9.17) is 23.2 Å². The van der Waals surface area contributed by atoms with E-state index in [1.165, 1.54) is 6.92 Å². The first-order valence-corrected chi connectivity index (χ1v) is 13.6. The number of hydrogen-bond acceptors (Lipinski definition) is 5. The van der Waals surface area contributed by atoms with E-state index in [0.717, 1.165) is 28.5 Å². The molecule has 3 aliphatic rings. The van der Waals surface area contributed by atoms with Crippen LogP contribution in [0.3, 0.4) is 0 Å². The highest BCUT2D eigenvalue weighted by Gasteiger charge is 2.64. The van der Waals surface area contributed by atoms with Gasteiger partial charge in [0.15, 0.2) is 5.78 Å². The number of carbonyl (C=O) groups excluding carboxylic acids is 3. The van der Waals surface area contributed by atoms with Crippen LogP contribution in [0.1, 0.15) is 49.3 Å². The molecule has 8 nitrogen and oxygen atoms in total. The zero-order valence-corrected chi connectivity index (χ0v) is 23.0. The lowest BCUT2D eigenvalue weighted by molar-refractivity contribution is -0.140. The first-order valence-electron chi connectivity index (χ1n) is 12.9. The number of alkyl halides is 2. The zero-order valence-electron chi connectivity index (χ0n) is 21.5. The molecular formula is C28H29Cl2N5O3. The molecule has 6 rings (SSSR count). The number of Topliss-reactive ketones (excluding diaryl/α,β-unsaturated/α-hetero) is 1. The summed E-state index contributed by atoms with van der Waals surface area (Å²) in [4.78, 5) is 49.6. The zero-order chi connectivity index (χ0) is 27.0. The molecule has 1 aliphatic heterocycles. The second-order valence-electron chi connectivity index (χ2n) is 11.3. The van der Waals surface area contributed by atoms with Gasteiger partial charge in [0.05, 0.1) is 0 Å². The number of ketones is 1. The normalized spacial score (nSPS) is 26.8. The lowest BCUT2D eigenvalue weighted by atomic mass is 10.0. The maximum Gasteiger partial charge on any atom is 0.243 e. The molecule has 198 valence electrons. The molecule has 0 radical (unpaired) electrons. The molecule has 2 aromatic heterocycles. The summed E-state index contributed by atoms with van der Waals surface area (Å²) in [6, 6.07) is 5.33. The first kappa shape index (κ1) is 25.3. The minimum Gasteiger partial charge on any atom is -0.354 e. The minimum absolute atomic E-state index is 0.0334. The molecule has 3 aromatic rings. The highest BCUT2D eigenvalue weighted by atomic mass is 35.5. The van der Waals surface area contributed by atoms with Crippen molar-refractivity contribution >= 4 is 51.7 Å². The highest BCUT2D eigenvalue weighted by Crippen LogP contribution is 2.59. The Morgan fingerprint density at radius 2 is 1.82 bits per heavy atom. The Bertz CT molecular complexity index is 1480. The third kappa shape index (κ3) is 4.37. The summed E-state index contributed by atoms with van der Waals surface area (Å²) < 4.78 is 1.05. The summed E-state index contributed by atoms with van der Waals surface area (Å²) in [7, 11) is 0. The Hall–Kier alpha value is -2.97. The fraction of sp³-hybridized carbons (Fsp3) is 0.464. The Kier molecular flexibility index (Phi) is 5.85. The van der Waals surface area contributed by atoms with Gasteiger partial charge in [-0.2, -0.15) is 0 Å². The summed E-state index contributed by atoms with van der Waals surface area (Å²) in [5.74, 6) is 0.354. The van der Waals surface area contributed by atoms with E-state index in [2.05, 4.69) is 22.2 Å². The number of carbonyl (C=O) groups is 3. The van der Waals surface area contributed by atoms with Crippen molar-refractivity contribution in [1.82, 2.24) is 24.8 Å². The molecule has 2 amide bonds. The van der Waals surface area contributed by atoms with Gasteiger partial charge >= 0.3 is 0 Å². The number of benzene rings is 1. The molecule has 1 N–H and O–H groups in total. The molecule has 1 unspecified atom stereocenters. The van der Waals surface area contributed by atoms with Crippen molar-refractivity contribution in [3.05, 3.63) is 48.2 Å². The molecule has 3 fully saturated rings. The monoisotopic (exact) mass is 553 g/mol. The quantitative estimate of drug-likeness (QED) is 0.347. The van der Waals surface area contributed by atoms with E-state index < -0.39 is 10.4 Å². The predicted molar refractivity (Wildman–Crippen MR) is 145 cm³/mol. The van der Waals surface area contributed by atoms with Crippen LogP contribution in [0, 0.1) is 18.3 Å². The number of aromatic nitrogens is 3. The van der Waals surface area contributed by atoms with Gasteiger partial charge in [-0.1, -0.05) is 13.0 Å². The van der Waals surface area contributed by atoms with Crippen LogP contribution in [0.4, 0.5) is 0 Å². The summed E-state index contributed by atoms with van der Waals surface area (Å²) in [5.41, 5.74) is 3.04. The predicted octanol–water partition coefficient (Wildman–Crippen LogP) is 4.30. The molecular weight excluding hydrogens is 525 g/mol. The number of amides is 2. The number of fused-ring (bicyclic) bond motifs is 2. The molecule has 3 heterocycles. The van der Waals surface area contributed by atoms with Crippen LogP contribution in [0.5, 0.6) is 0 Å². The highest BCUT2D eigenvalue weighted by molar-refractivity contribution is 6.50. The largest absolute Gasteiger partial charge is 0.354 e. The van der Waals surface area contributed by atoms with Crippen molar-refractivity contribution in [3.63, 3.8) is 0 Å². The van der Waals surface area contributed by atoms with Crippen LogP contribution in [0.15, 0.2) is 36.8 Å². The van der Waals surface area contributed by atoms with Crippen molar-refractivity contribution in [2.45, 2.75) is 63.0 Å². The van der Waals surface area contributed by atoms with Gasteiger partial charge in [0.25, 0.3) is 0 Å². The van der Waals surface area contributed by atoms with Gasteiger partial charge in [0, 0.05) is 59.1 Å². The Morgan fingerprint density at radius 1 is 1.11 bits per heavy atom. The number of hydrogen-bond donors (Lipinski definition) is 1. The van der Waals surface area contributed by atoms with Crippen molar-refractivity contribution in [3.8, 4) is 11.1 Å². The minimum atomic E-state index is -0.761. The molecule has 0 spiro atoms. The summed E-state index contributed by atoms with van der Waals surface area (Å²) in [6.07, 6.45) is 7.44. The van der Waals surface area contributed by atoms with Crippen LogP contribution in [0.25, 0.3) is 22.0 Å². The van der Waals surface area contributed by atoms with E-state index >= 15 is 0 Å². The second-order valence-corrected chi connectivity index (χ2v) is 12.8. The van der Waals surface area contributed by atoms with Crippen molar-refractivity contribution < 1.29 is 14.4 Å². The number of halogens is 2. The number of nitrogens with zero attached hydrogens (tertiary/aromatic N) is 4. The van der Waals surface area contributed by atoms with Crippen LogP contribution in [0.2, 0.25) is 0 Å². The van der Waals surface area contributed by atoms with Crippen LogP contribution in [-0.2, 0) is 16.1 Å². The molecule has 2 saturated carbocycles.